The Morgan fingerprint density at radius 1 is 1.38 bits per heavy atom. The van der Waals surface area contributed by atoms with Gasteiger partial charge >= 0.3 is 0 Å². The molecule has 2 nitrogen and oxygen atoms in total. The predicted molar refractivity (Wildman–Crippen MR) is 33.7 cm³/mol. The van der Waals surface area contributed by atoms with Crippen LogP contribution in [0.15, 0.2) is 0 Å². The first-order chi connectivity index (χ1) is 3.72. The van der Waals surface area contributed by atoms with Crippen molar-refractivity contribution in [3.05, 3.63) is 0 Å². The molecule has 0 heterocycles. The molecule has 0 spiro atoms. The zero-order valence-corrected chi connectivity index (χ0v) is 5.94. The number of quaternary nitrogens is 1. The fraction of sp³-hybridized carbons (Fsp3) is 1.00. The van der Waals surface area contributed by atoms with E-state index in [1.807, 2.05) is 6.92 Å². The Bertz CT molecular complexity index is 50.5. The minimum atomic E-state index is -0.204. The molecule has 0 radical (unpaired) electrons. The van der Waals surface area contributed by atoms with Gasteiger partial charge in [0, 0.05) is 6.92 Å². The van der Waals surface area contributed by atoms with E-state index in [-0.39, 0.29) is 6.23 Å². The minimum Gasteiger partial charge on any atom is -0.345 e. The van der Waals surface area contributed by atoms with Gasteiger partial charge in [0.05, 0.1) is 13.1 Å². The van der Waals surface area contributed by atoms with Crippen molar-refractivity contribution in [3.63, 3.8) is 0 Å². The second kappa shape index (κ2) is 3.87. The van der Waals surface area contributed by atoms with E-state index in [0.717, 1.165) is 13.1 Å². The van der Waals surface area contributed by atoms with Crippen molar-refractivity contribution in [1.29, 1.82) is 0 Å². The summed E-state index contributed by atoms with van der Waals surface area (Å²) >= 11 is 0. The van der Waals surface area contributed by atoms with E-state index in [0.29, 0.717) is 0 Å². The van der Waals surface area contributed by atoms with E-state index in [9.17, 15) is 0 Å². The number of aliphatic hydroxyl groups excluding tert-OH is 1. The highest BCUT2D eigenvalue weighted by atomic mass is 16.3. The maximum Gasteiger partial charge on any atom is 0.186 e. The van der Waals surface area contributed by atoms with Crippen molar-refractivity contribution in [2.24, 2.45) is 0 Å². The molecule has 0 saturated heterocycles. The van der Waals surface area contributed by atoms with Gasteiger partial charge in [0.25, 0.3) is 0 Å². The lowest BCUT2D eigenvalue weighted by atomic mass is 10.5. The van der Waals surface area contributed by atoms with E-state index in [4.69, 9.17) is 5.11 Å². The van der Waals surface area contributed by atoms with Crippen LogP contribution in [0.4, 0.5) is 0 Å². The average Bonchev–Trinajstić information content (AvgIpc) is 1.69. The molecule has 50 valence electrons. The number of hydrogen-bond donors (Lipinski definition) is 2. The largest absolute Gasteiger partial charge is 0.345 e. The third-order valence-corrected chi connectivity index (χ3v) is 1.50. The maximum atomic E-state index is 8.98. The summed E-state index contributed by atoms with van der Waals surface area (Å²) < 4.78 is 0. The van der Waals surface area contributed by atoms with Crippen LogP contribution in [-0.4, -0.2) is 24.4 Å². The van der Waals surface area contributed by atoms with Crippen LogP contribution < -0.4 is 4.90 Å². The van der Waals surface area contributed by atoms with Crippen LogP contribution in [-0.2, 0) is 0 Å². The number of hydrogen-bond acceptors (Lipinski definition) is 1. The third-order valence-electron chi connectivity index (χ3n) is 1.50. The zero-order chi connectivity index (χ0) is 6.57. The van der Waals surface area contributed by atoms with E-state index in [1.165, 1.54) is 4.90 Å². The number of rotatable bonds is 3. The monoisotopic (exact) mass is 118 g/mol. The highest BCUT2D eigenvalue weighted by molar-refractivity contribution is 4.19. The number of aliphatic hydroxyl groups is 1. The SMILES string of the molecule is CC[NH+](CC)C(C)O. The standard InChI is InChI=1S/C6H15NO/c1-4-7(5-2)6(3)8/h6,8H,4-5H2,1-3H3/p+1. The van der Waals surface area contributed by atoms with Crippen molar-refractivity contribution in [2.45, 2.75) is 27.0 Å². The first-order valence-corrected chi connectivity index (χ1v) is 3.25. The minimum absolute atomic E-state index is 0.204. The second-order valence-electron chi connectivity index (χ2n) is 2.04. The molecular weight excluding hydrogens is 102 g/mol. The smallest absolute Gasteiger partial charge is 0.186 e. The normalized spacial score (nSPS) is 14.6. The van der Waals surface area contributed by atoms with Gasteiger partial charge in [-0.25, -0.2) is 0 Å². The fourth-order valence-electron chi connectivity index (χ4n) is 0.841. The molecule has 0 fully saturated rings. The first kappa shape index (κ1) is 7.92. The van der Waals surface area contributed by atoms with Gasteiger partial charge in [0.2, 0.25) is 0 Å². The Balaban J connectivity index is 3.35. The van der Waals surface area contributed by atoms with E-state index >= 15 is 0 Å². The van der Waals surface area contributed by atoms with Gasteiger partial charge in [-0.2, -0.15) is 0 Å². The average molecular weight is 118 g/mol. The van der Waals surface area contributed by atoms with E-state index in [1.54, 1.807) is 0 Å². The molecule has 1 unspecified atom stereocenters. The molecule has 0 rings (SSSR count). The predicted octanol–water partition coefficient (Wildman–Crippen LogP) is -0.751. The third kappa shape index (κ3) is 2.28. The lowest BCUT2D eigenvalue weighted by Gasteiger charge is -2.17. The molecule has 8 heavy (non-hydrogen) atoms. The molecule has 0 aliphatic rings. The zero-order valence-electron chi connectivity index (χ0n) is 5.94. The Hall–Kier alpha value is -0.0800. The van der Waals surface area contributed by atoms with Crippen LogP contribution in [0.3, 0.4) is 0 Å². The summed E-state index contributed by atoms with van der Waals surface area (Å²) in [7, 11) is 0. The van der Waals surface area contributed by atoms with Crippen molar-refractivity contribution in [2.75, 3.05) is 13.1 Å². The molecule has 0 amide bonds. The van der Waals surface area contributed by atoms with Gasteiger partial charge in [-0.05, 0) is 13.8 Å². The van der Waals surface area contributed by atoms with Crippen LogP contribution in [0.5, 0.6) is 0 Å². The van der Waals surface area contributed by atoms with Crippen LogP contribution in [0.1, 0.15) is 20.8 Å². The lowest BCUT2D eigenvalue weighted by Crippen LogP contribution is -3.14. The van der Waals surface area contributed by atoms with Gasteiger partial charge < -0.3 is 10.0 Å². The summed E-state index contributed by atoms with van der Waals surface area (Å²) in [6.07, 6.45) is -0.204. The molecule has 1 atom stereocenters. The highest BCUT2D eigenvalue weighted by Gasteiger charge is 2.06. The molecule has 2 N–H and O–H groups in total. The molecule has 0 aliphatic heterocycles. The molecule has 0 aromatic heterocycles. The molecule has 0 bridgehead atoms. The van der Waals surface area contributed by atoms with Gasteiger partial charge in [-0.3, -0.25) is 0 Å². The summed E-state index contributed by atoms with van der Waals surface area (Å²) in [5.41, 5.74) is 0. The van der Waals surface area contributed by atoms with Crippen molar-refractivity contribution >= 4 is 0 Å². The number of nitrogens with one attached hydrogen (secondary N) is 1. The fourth-order valence-corrected chi connectivity index (χ4v) is 0.841. The molecule has 0 aromatic carbocycles. The molecule has 2 heteroatoms. The van der Waals surface area contributed by atoms with Gasteiger partial charge in [0.15, 0.2) is 6.23 Å². The summed E-state index contributed by atoms with van der Waals surface area (Å²) in [5, 5.41) is 8.98. The molecule has 0 saturated carbocycles. The Morgan fingerprint density at radius 2 is 1.75 bits per heavy atom. The quantitative estimate of drug-likeness (QED) is 0.468. The van der Waals surface area contributed by atoms with E-state index < -0.39 is 0 Å². The van der Waals surface area contributed by atoms with Gasteiger partial charge in [0.1, 0.15) is 0 Å². The van der Waals surface area contributed by atoms with Crippen molar-refractivity contribution in [1.82, 2.24) is 0 Å². The van der Waals surface area contributed by atoms with Crippen LogP contribution in [0.2, 0.25) is 0 Å². The molecular formula is C6H16NO+. The summed E-state index contributed by atoms with van der Waals surface area (Å²) in [6.45, 7) is 7.99. The molecule has 0 aliphatic carbocycles. The van der Waals surface area contributed by atoms with Crippen molar-refractivity contribution in [3.8, 4) is 0 Å². The van der Waals surface area contributed by atoms with E-state index in [2.05, 4.69) is 13.8 Å². The Morgan fingerprint density at radius 3 is 1.75 bits per heavy atom. The summed E-state index contributed by atoms with van der Waals surface area (Å²) in [6, 6.07) is 0. The van der Waals surface area contributed by atoms with Gasteiger partial charge in [-0.15, -0.1) is 0 Å². The summed E-state index contributed by atoms with van der Waals surface area (Å²) in [4.78, 5) is 1.24. The topological polar surface area (TPSA) is 24.7 Å². The maximum absolute atomic E-state index is 8.98. The van der Waals surface area contributed by atoms with Crippen molar-refractivity contribution < 1.29 is 10.0 Å². The van der Waals surface area contributed by atoms with Gasteiger partial charge in [-0.1, -0.05) is 0 Å². The lowest BCUT2D eigenvalue weighted by molar-refractivity contribution is -0.942. The first-order valence-electron chi connectivity index (χ1n) is 3.25. The Labute approximate surface area is 51.1 Å². The molecule has 0 aromatic rings. The van der Waals surface area contributed by atoms with Crippen LogP contribution in [0, 0.1) is 0 Å². The van der Waals surface area contributed by atoms with Crippen LogP contribution in [0.25, 0.3) is 0 Å². The highest BCUT2D eigenvalue weighted by Crippen LogP contribution is 1.60. The summed E-state index contributed by atoms with van der Waals surface area (Å²) in [5.74, 6) is 0. The van der Waals surface area contributed by atoms with Crippen LogP contribution >= 0.6 is 0 Å². The second-order valence-corrected chi connectivity index (χ2v) is 2.04. The Kier molecular flexibility index (Phi) is 3.83.